The Morgan fingerprint density at radius 1 is 1.20 bits per heavy atom. The van der Waals surface area contributed by atoms with Crippen molar-refractivity contribution in [2.24, 2.45) is 5.92 Å². The molecule has 0 N–H and O–H groups in total. The summed E-state index contributed by atoms with van der Waals surface area (Å²) in [6.45, 7) is 4.14. The molecule has 4 heteroatoms. The highest BCUT2D eigenvalue weighted by molar-refractivity contribution is 7.07. The van der Waals surface area contributed by atoms with E-state index in [1.54, 1.807) is 17.4 Å². The summed E-state index contributed by atoms with van der Waals surface area (Å²) in [5.41, 5.74) is 2.83. The molecule has 0 saturated carbocycles. The van der Waals surface area contributed by atoms with Gasteiger partial charge in [0.05, 0.1) is 0 Å². The highest BCUT2D eigenvalue weighted by Gasteiger charge is 2.34. The maximum Gasteiger partial charge on any atom is 0.250 e. The number of hydrogen-bond acceptors (Lipinski definition) is 3. The lowest BCUT2D eigenvalue weighted by atomic mass is 9.83. The maximum atomic E-state index is 12.0. The lowest BCUT2D eigenvalue weighted by Gasteiger charge is -2.42. The summed E-state index contributed by atoms with van der Waals surface area (Å²) in [5.74, 6) is 1.15. The van der Waals surface area contributed by atoms with Gasteiger partial charge in [-0.2, -0.15) is 11.3 Å². The molecule has 0 aliphatic carbocycles. The average Bonchev–Trinajstić information content (AvgIpc) is 2.93. The first-order valence-corrected chi connectivity index (χ1v) is 8.17. The van der Waals surface area contributed by atoms with Crippen LogP contribution in [0.1, 0.15) is 23.6 Å². The van der Waals surface area contributed by atoms with Gasteiger partial charge in [-0.15, -0.1) is 0 Å². The number of likely N-dealkylation sites (tertiary alicyclic amines) is 1. The zero-order valence-corrected chi connectivity index (χ0v) is 12.2. The highest BCUT2D eigenvalue weighted by Crippen LogP contribution is 2.35. The summed E-state index contributed by atoms with van der Waals surface area (Å²) in [6, 6.07) is 7.95. The number of pyridine rings is 1. The molecule has 0 aromatic carbocycles. The molecule has 3 nitrogen and oxygen atoms in total. The number of fused-ring (bicyclic) bond motifs is 4. The van der Waals surface area contributed by atoms with Crippen LogP contribution < -0.4 is 5.56 Å². The Morgan fingerprint density at radius 2 is 2.15 bits per heavy atom. The van der Waals surface area contributed by atoms with Crippen molar-refractivity contribution in [2.75, 3.05) is 13.1 Å². The molecule has 2 unspecified atom stereocenters. The van der Waals surface area contributed by atoms with E-state index < -0.39 is 0 Å². The molecule has 0 spiro atoms. The van der Waals surface area contributed by atoms with Gasteiger partial charge in [0.25, 0.3) is 5.56 Å². The summed E-state index contributed by atoms with van der Waals surface area (Å²) in [5, 5.41) is 4.39. The topological polar surface area (TPSA) is 25.2 Å². The van der Waals surface area contributed by atoms with Crippen molar-refractivity contribution in [3.05, 3.63) is 56.6 Å². The van der Waals surface area contributed by atoms with Gasteiger partial charge >= 0.3 is 0 Å². The third-order valence-electron chi connectivity index (χ3n) is 4.54. The molecule has 4 heterocycles. The Balaban J connectivity index is 1.60. The monoisotopic (exact) mass is 286 g/mol. The molecule has 104 valence electrons. The van der Waals surface area contributed by atoms with E-state index in [2.05, 4.69) is 27.8 Å². The van der Waals surface area contributed by atoms with E-state index >= 15 is 0 Å². The van der Waals surface area contributed by atoms with E-state index in [9.17, 15) is 4.79 Å². The Morgan fingerprint density at radius 3 is 3.00 bits per heavy atom. The predicted octanol–water partition coefficient (Wildman–Crippen LogP) is 2.53. The predicted molar refractivity (Wildman–Crippen MR) is 81.1 cm³/mol. The van der Waals surface area contributed by atoms with Gasteiger partial charge < -0.3 is 4.57 Å². The largest absolute Gasteiger partial charge is 0.312 e. The van der Waals surface area contributed by atoms with Crippen LogP contribution in [0.5, 0.6) is 0 Å². The van der Waals surface area contributed by atoms with Crippen LogP contribution in [0.2, 0.25) is 0 Å². The molecule has 1 saturated heterocycles. The fourth-order valence-electron chi connectivity index (χ4n) is 3.77. The van der Waals surface area contributed by atoms with Gasteiger partial charge in [-0.3, -0.25) is 9.69 Å². The molecule has 1 fully saturated rings. The SMILES string of the molecule is O=c1cccc2n1CC1CC2CN(Cc2ccsc2)C1. The van der Waals surface area contributed by atoms with E-state index in [-0.39, 0.29) is 5.56 Å². The number of aromatic nitrogens is 1. The second kappa shape index (κ2) is 4.86. The smallest absolute Gasteiger partial charge is 0.250 e. The highest BCUT2D eigenvalue weighted by atomic mass is 32.1. The number of thiophene rings is 1. The van der Waals surface area contributed by atoms with Crippen LogP contribution in [-0.2, 0) is 13.1 Å². The first-order valence-electron chi connectivity index (χ1n) is 7.23. The molecule has 2 bridgehead atoms. The van der Waals surface area contributed by atoms with E-state index in [4.69, 9.17) is 0 Å². The Labute approximate surface area is 122 Å². The zero-order valence-electron chi connectivity index (χ0n) is 11.4. The third kappa shape index (κ3) is 2.13. The molecular formula is C16H18N2OS. The fraction of sp³-hybridized carbons (Fsp3) is 0.438. The Bertz CT molecular complexity index is 661. The first kappa shape index (κ1) is 12.4. The fourth-order valence-corrected chi connectivity index (χ4v) is 4.43. The Hall–Kier alpha value is -1.39. The summed E-state index contributed by atoms with van der Waals surface area (Å²) in [4.78, 5) is 14.5. The summed E-state index contributed by atoms with van der Waals surface area (Å²) < 4.78 is 2.00. The molecule has 4 rings (SSSR count). The van der Waals surface area contributed by atoms with E-state index in [0.717, 1.165) is 26.2 Å². The third-order valence-corrected chi connectivity index (χ3v) is 5.27. The molecule has 2 aromatic rings. The Kier molecular flexibility index (Phi) is 3.00. The van der Waals surface area contributed by atoms with Gasteiger partial charge in [0.1, 0.15) is 0 Å². The molecule has 2 atom stereocenters. The van der Waals surface area contributed by atoms with Crippen LogP contribution in [-0.4, -0.2) is 22.6 Å². The van der Waals surface area contributed by atoms with Gasteiger partial charge in [-0.1, -0.05) is 6.07 Å². The summed E-state index contributed by atoms with van der Waals surface area (Å²) in [6.07, 6.45) is 1.24. The van der Waals surface area contributed by atoms with Gasteiger partial charge in [0, 0.05) is 43.9 Å². The van der Waals surface area contributed by atoms with E-state index in [1.165, 1.54) is 17.7 Å². The lowest BCUT2D eigenvalue weighted by molar-refractivity contribution is 0.114. The van der Waals surface area contributed by atoms with Gasteiger partial charge in [0.15, 0.2) is 0 Å². The second-order valence-electron chi connectivity index (χ2n) is 6.02. The summed E-state index contributed by atoms with van der Waals surface area (Å²) in [7, 11) is 0. The number of rotatable bonds is 2. The molecular weight excluding hydrogens is 268 g/mol. The molecule has 20 heavy (non-hydrogen) atoms. The van der Waals surface area contributed by atoms with Gasteiger partial charge in [0.2, 0.25) is 0 Å². The number of nitrogens with zero attached hydrogens (tertiary/aromatic N) is 2. The molecule has 2 aliphatic rings. The number of piperidine rings is 1. The van der Waals surface area contributed by atoms with Crippen molar-refractivity contribution in [1.82, 2.24) is 9.47 Å². The molecule has 2 aliphatic heterocycles. The first-order chi connectivity index (χ1) is 9.79. The summed E-state index contributed by atoms with van der Waals surface area (Å²) >= 11 is 1.77. The van der Waals surface area contributed by atoms with Crippen LogP contribution >= 0.6 is 11.3 Å². The normalized spacial score (nSPS) is 25.4. The lowest BCUT2D eigenvalue weighted by Crippen LogP contribution is -2.46. The van der Waals surface area contributed by atoms with Crippen LogP contribution in [0.3, 0.4) is 0 Å². The average molecular weight is 286 g/mol. The van der Waals surface area contributed by atoms with Crippen molar-refractivity contribution in [3.8, 4) is 0 Å². The minimum Gasteiger partial charge on any atom is -0.312 e. The zero-order chi connectivity index (χ0) is 13.5. The van der Waals surface area contributed by atoms with Crippen molar-refractivity contribution in [3.63, 3.8) is 0 Å². The minimum absolute atomic E-state index is 0.170. The number of hydrogen-bond donors (Lipinski definition) is 0. The standard InChI is InChI=1S/C16H18N2OS/c19-16-3-1-2-15-14-6-13(9-18(15)16)8-17(10-14)7-12-4-5-20-11-12/h1-5,11,13-14H,6-10H2. The van der Waals surface area contributed by atoms with Crippen LogP contribution in [0, 0.1) is 5.92 Å². The van der Waals surface area contributed by atoms with Crippen molar-refractivity contribution >= 4 is 11.3 Å². The van der Waals surface area contributed by atoms with Crippen molar-refractivity contribution < 1.29 is 0 Å². The quantitative estimate of drug-likeness (QED) is 0.847. The van der Waals surface area contributed by atoms with E-state index in [0.29, 0.717) is 11.8 Å². The van der Waals surface area contributed by atoms with Gasteiger partial charge in [-0.05, 0) is 40.8 Å². The van der Waals surface area contributed by atoms with E-state index in [1.807, 2.05) is 10.6 Å². The molecule has 0 radical (unpaired) electrons. The van der Waals surface area contributed by atoms with Crippen molar-refractivity contribution in [1.29, 1.82) is 0 Å². The van der Waals surface area contributed by atoms with Crippen molar-refractivity contribution in [2.45, 2.75) is 25.4 Å². The molecule has 2 aromatic heterocycles. The second-order valence-corrected chi connectivity index (χ2v) is 6.80. The van der Waals surface area contributed by atoms with Crippen LogP contribution in [0.4, 0.5) is 0 Å². The minimum atomic E-state index is 0.170. The maximum absolute atomic E-state index is 12.0. The van der Waals surface area contributed by atoms with Gasteiger partial charge in [-0.25, -0.2) is 0 Å². The van der Waals surface area contributed by atoms with Crippen LogP contribution in [0.15, 0.2) is 39.8 Å². The molecule has 0 amide bonds. The van der Waals surface area contributed by atoms with Crippen LogP contribution in [0.25, 0.3) is 0 Å².